The summed E-state index contributed by atoms with van der Waals surface area (Å²) in [5, 5.41) is 32.0. The number of amides is 1. The number of carboxylic acids is 2. The minimum atomic E-state index is -2.81. The topological polar surface area (TPSA) is 218 Å². The second kappa shape index (κ2) is 11.2. The fourth-order valence-corrected chi connectivity index (χ4v) is 4.74. The van der Waals surface area contributed by atoms with Crippen LogP contribution in [0.15, 0.2) is 76.0 Å². The van der Waals surface area contributed by atoms with Gasteiger partial charge in [-0.25, -0.2) is 4.68 Å². The van der Waals surface area contributed by atoms with Crippen molar-refractivity contribution < 1.29 is 38.7 Å². The normalized spacial score (nSPS) is 12.2. The van der Waals surface area contributed by atoms with Crippen molar-refractivity contribution in [3.63, 3.8) is 0 Å². The van der Waals surface area contributed by atoms with Crippen molar-refractivity contribution in [2.45, 2.75) is 26.0 Å². The van der Waals surface area contributed by atoms with Gasteiger partial charge in [-0.3, -0.25) is 24.0 Å². The summed E-state index contributed by atoms with van der Waals surface area (Å²) < 4.78 is 11.7. The van der Waals surface area contributed by atoms with E-state index in [-0.39, 0.29) is 34.2 Å². The highest BCUT2D eigenvalue weighted by molar-refractivity contribution is 6.10. The number of nitrogens with zero attached hydrogens (tertiary/aromatic N) is 4. The number of rotatable bonds is 11. The third kappa shape index (κ3) is 5.16. The average molecular weight is 586 g/mol. The Balaban J connectivity index is 1.43. The van der Waals surface area contributed by atoms with Gasteiger partial charge in [0, 0.05) is 18.1 Å². The van der Waals surface area contributed by atoms with Crippen molar-refractivity contribution in [2.75, 3.05) is 0 Å². The molecule has 0 radical (unpaired) electrons. The molecule has 218 valence electrons. The van der Waals surface area contributed by atoms with Crippen LogP contribution in [0.2, 0.25) is 0 Å². The molecule has 2 heterocycles. The van der Waals surface area contributed by atoms with Crippen LogP contribution in [0, 0.1) is 5.41 Å². The molecule has 43 heavy (non-hydrogen) atoms. The molecule has 0 aliphatic carbocycles. The van der Waals surface area contributed by atoms with Crippen LogP contribution in [0.25, 0.3) is 21.9 Å². The molecule has 0 saturated heterocycles. The van der Waals surface area contributed by atoms with Crippen LogP contribution in [-0.2, 0) is 16.2 Å². The fourth-order valence-electron chi connectivity index (χ4n) is 4.74. The van der Waals surface area contributed by atoms with Crippen molar-refractivity contribution >= 4 is 45.5 Å². The third-order valence-electron chi connectivity index (χ3n) is 7.20. The Labute approximate surface area is 241 Å². The first-order valence-corrected chi connectivity index (χ1v) is 12.8. The van der Waals surface area contributed by atoms with E-state index >= 15 is 0 Å². The number of primary amides is 1. The van der Waals surface area contributed by atoms with Gasteiger partial charge in [-0.1, -0.05) is 34.6 Å². The Hall–Kier alpha value is -5.92. The Kier molecular flexibility index (Phi) is 7.42. The van der Waals surface area contributed by atoms with Gasteiger partial charge >= 0.3 is 11.9 Å². The molecule has 1 amide bonds. The van der Waals surface area contributed by atoms with Crippen LogP contribution in [-0.4, -0.2) is 54.0 Å². The molecule has 2 aromatic heterocycles. The molecule has 0 saturated carbocycles. The zero-order valence-corrected chi connectivity index (χ0v) is 22.5. The first-order chi connectivity index (χ1) is 20.5. The number of aromatic nitrogens is 4. The molecule has 14 nitrogen and oxygen atoms in total. The Morgan fingerprint density at radius 1 is 1.00 bits per heavy atom. The maximum Gasteiger partial charge on any atom is 0.323 e. The van der Waals surface area contributed by atoms with Crippen molar-refractivity contribution in [1.82, 2.24) is 20.2 Å². The van der Waals surface area contributed by atoms with E-state index in [0.717, 1.165) is 0 Å². The molecule has 4 N–H and O–H groups in total. The highest BCUT2D eigenvalue weighted by Crippen LogP contribution is 2.38. The summed E-state index contributed by atoms with van der Waals surface area (Å²) in [6, 6.07) is 15.5. The van der Waals surface area contributed by atoms with Gasteiger partial charge in [0.25, 0.3) is 5.56 Å². The van der Waals surface area contributed by atoms with Gasteiger partial charge in [0.1, 0.15) is 17.9 Å². The smallest absolute Gasteiger partial charge is 0.323 e. The summed E-state index contributed by atoms with van der Waals surface area (Å²) in [5.41, 5.74) is 2.78. The monoisotopic (exact) mass is 585 g/mol. The minimum absolute atomic E-state index is 0.0845. The summed E-state index contributed by atoms with van der Waals surface area (Å²) in [6.07, 6.45) is -1.07. The molecular formula is C29H23N5O9. The summed E-state index contributed by atoms with van der Waals surface area (Å²) in [7, 11) is 0. The maximum atomic E-state index is 13.4. The molecule has 0 spiro atoms. The lowest BCUT2D eigenvalue weighted by molar-refractivity contribution is -0.168. The number of carbonyl (C=O) groups is 4. The lowest BCUT2D eigenvalue weighted by atomic mass is 9.76. The van der Waals surface area contributed by atoms with Crippen molar-refractivity contribution in [3.05, 3.63) is 93.9 Å². The van der Waals surface area contributed by atoms with Gasteiger partial charge in [0.05, 0.1) is 16.8 Å². The van der Waals surface area contributed by atoms with Crippen LogP contribution in [0.1, 0.15) is 45.8 Å². The van der Waals surface area contributed by atoms with Gasteiger partial charge in [-0.15, -0.1) is 5.10 Å². The number of carbonyl (C=O) groups excluding carboxylic acids is 2. The molecule has 1 atom stereocenters. The molecule has 5 aromatic rings. The minimum Gasteiger partial charge on any atom is -0.489 e. The van der Waals surface area contributed by atoms with Crippen molar-refractivity contribution in [3.8, 4) is 5.75 Å². The van der Waals surface area contributed by atoms with E-state index in [4.69, 9.17) is 15.0 Å². The summed E-state index contributed by atoms with van der Waals surface area (Å²) in [4.78, 5) is 63.0. The number of ketones is 1. The van der Waals surface area contributed by atoms with E-state index in [9.17, 15) is 34.2 Å². The number of nitrogens with two attached hydrogens (primary N) is 1. The molecular weight excluding hydrogens is 562 g/mol. The highest BCUT2D eigenvalue weighted by Gasteiger charge is 2.55. The van der Waals surface area contributed by atoms with E-state index in [1.54, 1.807) is 36.4 Å². The van der Waals surface area contributed by atoms with E-state index in [0.29, 0.717) is 21.6 Å². The summed E-state index contributed by atoms with van der Waals surface area (Å²) >= 11 is 0. The number of fused-ring (bicyclic) bond motifs is 2. The van der Waals surface area contributed by atoms with E-state index in [1.165, 1.54) is 37.3 Å². The standard InChI is InChI=1S/C29H23N5O9/c1-15(34-26(37)19-7-2-3-8-21(19)31-33-34)29(27(38)39,28(40)41)13-22(35)24-20-10-9-18(12-23(20)43-32-24)42-14-16-5-4-6-17(11-16)25(30)36/h2-12,15H,13-14H2,1H3,(H2,30,36)(H,38,39)(H,40,41). The second-order valence-corrected chi connectivity index (χ2v) is 9.76. The number of hydrogen-bond donors (Lipinski definition) is 3. The predicted molar refractivity (Wildman–Crippen MR) is 148 cm³/mol. The quantitative estimate of drug-likeness (QED) is 0.150. The van der Waals surface area contributed by atoms with Crippen LogP contribution in [0.5, 0.6) is 5.75 Å². The summed E-state index contributed by atoms with van der Waals surface area (Å²) in [5.74, 6) is -4.91. The van der Waals surface area contributed by atoms with Gasteiger partial charge in [0.15, 0.2) is 22.5 Å². The van der Waals surface area contributed by atoms with Crippen LogP contribution in [0.3, 0.4) is 0 Å². The van der Waals surface area contributed by atoms with Gasteiger partial charge in [-0.2, -0.15) is 0 Å². The zero-order chi connectivity index (χ0) is 30.9. The Morgan fingerprint density at radius 2 is 1.74 bits per heavy atom. The first-order valence-electron chi connectivity index (χ1n) is 12.8. The SMILES string of the molecule is CC(n1nnc2ccccc2c1=O)C(CC(=O)c1noc2cc(OCc3cccc(C(N)=O)c3)ccc12)(C(=O)O)C(=O)O. The summed E-state index contributed by atoms with van der Waals surface area (Å²) in [6.45, 7) is 1.26. The lowest BCUT2D eigenvalue weighted by Crippen LogP contribution is -2.50. The Bertz CT molecular complexity index is 1970. The Morgan fingerprint density at radius 3 is 2.47 bits per heavy atom. The van der Waals surface area contributed by atoms with E-state index < -0.39 is 47.1 Å². The molecule has 0 aliphatic heterocycles. The number of hydrogen-bond acceptors (Lipinski definition) is 10. The molecule has 0 fully saturated rings. The van der Waals surface area contributed by atoms with Crippen LogP contribution in [0.4, 0.5) is 0 Å². The van der Waals surface area contributed by atoms with Crippen LogP contribution < -0.4 is 16.0 Å². The van der Waals surface area contributed by atoms with Gasteiger partial charge in [-0.05, 0) is 48.9 Å². The number of aliphatic carboxylic acids is 2. The van der Waals surface area contributed by atoms with Crippen LogP contribution >= 0.6 is 0 Å². The number of benzene rings is 3. The van der Waals surface area contributed by atoms with Gasteiger partial charge in [0.2, 0.25) is 5.91 Å². The van der Waals surface area contributed by atoms with E-state index in [2.05, 4.69) is 15.5 Å². The third-order valence-corrected chi connectivity index (χ3v) is 7.20. The molecule has 0 aliphatic rings. The fraction of sp³-hybridized carbons (Fsp3) is 0.172. The molecule has 1 unspecified atom stereocenters. The zero-order valence-electron chi connectivity index (χ0n) is 22.5. The average Bonchev–Trinajstić information content (AvgIpc) is 3.42. The largest absolute Gasteiger partial charge is 0.489 e. The van der Waals surface area contributed by atoms with Crippen molar-refractivity contribution in [2.24, 2.45) is 11.1 Å². The van der Waals surface area contributed by atoms with Gasteiger partial charge < -0.3 is 25.2 Å². The second-order valence-electron chi connectivity index (χ2n) is 9.76. The van der Waals surface area contributed by atoms with Crippen molar-refractivity contribution in [1.29, 1.82) is 0 Å². The first kappa shape index (κ1) is 28.6. The molecule has 3 aromatic carbocycles. The van der Waals surface area contributed by atoms with E-state index in [1.807, 2.05) is 0 Å². The number of ether oxygens (including phenoxy) is 1. The molecule has 14 heteroatoms. The molecule has 5 rings (SSSR count). The predicted octanol–water partition coefficient (Wildman–Crippen LogP) is 2.60. The lowest BCUT2D eigenvalue weighted by Gasteiger charge is -2.30. The highest BCUT2D eigenvalue weighted by atomic mass is 16.5. The molecule has 0 bridgehead atoms. The maximum absolute atomic E-state index is 13.4. The number of Topliss-reactive ketones (excluding diaryl/α,β-unsaturated/α-hetero) is 1. The number of carboxylic acid groups (broad SMARTS) is 2.